The molecule has 0 heterocycles. The molecule has 0 rings (SSSR count). The van der Waals surface area contributed by atoms with Crippen LogP contribution in [0.15, 0.2) is 0 Å². The molecule has 15 radical (unpaired) electrons. The molecule has 0 amide bonds. The molecule has 0 fully saturated rings. The molecule has 0 nitrogen and oxygen atoms in total. The number of rotatable bonds is 0. The second-order valence-electron chi connectivity index (χ2n) is 0. The fraction of sp³-hybridized carbons (Fsp3) is 0. The van der Waals surface area contributed by atoms with Crippen LogP contribution in [-0.4, -0.2) is 99.0 Å². The Morgan fingerprint density at radius 3 is 0.333 bits per heavy atom. The summed E-state index contributed by atoms with van der Waals surface area (Å²) < 4.78 is 0. The molecule has 0 atom stereocenters. The maximum absolute atomic E-state index is 0. The molecule has 0 aromatic heterocycles. The number of hydrogen-bond acceptors (Lipinski definition) is 0. The fourth-order valence-corrected chi connectivity index (χ4v) is 0. The zero-order valence-corrected chi connectivity index (χ0v) is 17.6. The summed E-state index contributed by atoms with van der Waals surface area (Å²) in [4.78, 5) is 0. The van der Waals surface area contributed by atoms with Crippen molar-refractivity contribution >= 4 is 99.0 Å². The summed E-state index contributed by atoms with van der Waals surface area (Å²) in [5.74, 6) is 0. The SMILES string of the molecule is [Ga].[Ga].[Ga].[Ga].[Ga].[Gd]. The van der Waals surface area contributed by atoms with Gasteiger partial charge in [-0.05, 0) is 0 Å². The first-order valence-electron chi connectivity index (χ1n) is 0. The van der Waals surface area contributed by atoms with Crippen LogP contribution in [0.1, 0.15) is 0 Å². The van der Waals surface area contributed by atoms with Gasteiger partial charge in [0.1, 0.15) is 0 Å². The van der Waals surface area contributed by atoms with Crippen molar-refractivity contribution in [2.24, 2.45) is 0 Å². The molecule has 0 saturated heterocycles. The van der Waals surface area contributed by atoms with Gasteiger partial charge in [-0.15, -0.1) is 0 Å². The van der Waals surface area contributed by atoms with Crippen LogP contribution in [0.5, 0.6) is 0 Å². The summed E-state index contributed by atoms with van der Waals surface area (Å²) in [6, 6.07) is 0. The third-order valence-electron chi connectivity index (χ3n) is 0. The van der Waals surface area contributed by atoms with Crippen LogP contribution < -0.4 is 0 Å². The predicted molar refractivity (Wildman–Crippen MR) is 28.8 cm³/mol. The molecule has 6 heavy (non-hydrogen) atoms. The molecule has 0 aliphatic carbocycles. The second-order valence-corrected chi connectivity index (χ2v) is 0. The van der Waals surface area contributed by atoms with Gasteiger partial charge in [0.2, 0.25) is 0 Å². The Morgan fingerprint density at radius 2 is 0.333 bits per heavy atom. The molecule has 0 bridgehead atoms. The molecule has 0 aliphatic rings. The summed E-state index contributed by atoms with van der Waals surface area (Å²) >= 11 is 0. The van der Waals surface area contributed by atoms with E-state index < -0.39 is 0 Å². The Morgan fingerprint density at radius 1 is 0.333 bits per heavy atom. The molecule has 0 aliphatic heterocycles. The molecule has 23 valence electrons. The first-order chi connectivity index (χ1) is 0. The number of hydrogen-bond donors (Lipinski definition) is 0. The standard InChI is InChI=1S/5Ga.Gd. The van der Waals surface area contributed by atoms with E-state index in [2.05, 4.69) is 0 Å². The van der Waals surface area contributed by atoms with Crippen LogP contribution in [0.25, 0.3) is 0 Å². The molecule has 0 aromatic carbocycles. The van der Waals surface area contributed by atoms with E-state index in [4.69, 9.17) is 0 Å². The monoisotopic (exact) mass is 503 g/mol. The van der Waals surface area contributed by atoms with Gasteiger partial charge in [0.25, 0.3) is 0 Å². The van der Waals surface area contributed by atoms with Gasteiger partial charge in [-0.2, -0.15) is 0 Å². The zero-order chi connectivity index (χ0) is 0. The fourth-order valence-electron chi connectivity index (χ4n) is 0. The minimum Gasteiger partial charge on any atom is 0 e. The van der Waals surface area contributed by atoms with E-state index in [1.54, 1.807) is 0 Å². The van der Waals surface area contributed by atoms with E-state index in [-0.39, 0.29) is 139 Å². The molecule has 0 unspecified atom stereocenters. The summed E-state index contributed by atoms with van der Waals surface area (Å²) in [5, 5.41) is 0. The van der Waals surface area contributed by atoms with Crippen molar-refractivity contribution in [2.45, 2.75) is 0 Å². The van der Waals surface area contributed by atoms with Crippen molar-refractivity contribution in [3.63, 3.8) is 0 Å². The van der Waals surface area contributed by atoms with Crippen LogP contribution in [0.4, 0.5) is 0 Å². The van der Waals surface area contributed by atoms with Gasteiger partial charge in [0, 0.05) is 139 Å². The molecule has 0 spiro atoms. The third kappa shape index (κ3) is 23.6. The van der Waals surface area contributed by atoms with E-state index in [1.807, 2.05) is 0 Å². The second kappa shape index (κ2) is 33.9. The van der Waals surface area contributed by atoms with Crippen LogP contribution in [0.2, 0.25) is 0 Å². The normalized spacial score (nSPS) is 0. The average molecular weight is 506 g/mol. The quantitative estimate of drug-likeness (QED) is 0.338. The van der Waals surface area contributed by atoms with E-state index >= 15 is 0 Å². The van der Waals surface area contributed by atoms with Gasteiger partial charge in [-0.1, -0.05) is 0 Å². The first-order valence-corrected chi connectivity index (χ1v) is 0. The van der Waals surface area contributed by atoms with Gasteiger partial charge < -0.3 is 0 Å². The average Bonchev–Trinajstić information content (AvgIpc) is 0. The molecule has 6 heteroatoms. The zero-order valence-electron chi connectivity index (χ0n) is 3.24. The van der Waals surface area contributed by atoms with Crippen LogP contribution in [0.3, 0.4) is 0 Å². The summed E-state index contributed by atoms with van der Waals surface area (Å²) in [5.41, 5.74) is 0. The third-order valence-corrected chi connectivity index (χ3v) is 0. The van der Waals surface area contributed by atoms with Gasteiger partial charge in [0.05, 0.1) is 0 Å². The van der Waals surface area contributed by atoms with Crippen molar-refractivity contribution in [3.05, 3.63) is 0 Å². The maximum Gasteiger partial charge on any atom is 0 e. The van der Waals surface area contributed by atoms with Crippen molar-refractivity contribution < 1.29 is 39.9 Å². The van der Waals surface area contributed by atoms with Crippen LogP contribution >= 0.6 is 0 Å². The summed E-state index contributed by atoms with van der Waals surface area (Å²) in [6.07, 6.45) is 0. The molecular formula is Ga5Gd. The van der Waals surface area contributed by atoms with Gasteiger partial charge in [0.15, 0.2) is 0 Å². The molecule has 0 aromatic rings. The largest absolute Gasteiger partial charge is 0 e. The Kier molecular flexibility index (Phi) is 264. The van der Waals surface area contributed by atoms with Gasteiger partial charge in [-0.25, -0.2) is 0 Å². The minimum atomic E-state index is 0. The molecule has 0 N–H and O–H groups in total. The van der Waals surface area contributed by atoms with Crippen molar-refractivity contribution in [2.75, 3.05) is 0 Å². The van der Waals surface area contributed by atoms with Crippen LogP contribution in [0, 0.1) is 39.9 Å². The van der Waals surface area contributed by atoms with Crippen molar-refractivity contribution in [1.29, 1.82) is 0 Å². The Labute approximate surface area is 135 Å². The summed E-state index contributed by atoms with van der Waals surface area (Å²) in [6.45, 7) is 0. The van der Waals surface area contributed by atoms with E-state index in [0.29, 0.717) is 0 Å². The maximum atomic E-state index is 0. The Bertz CT molecular complexity index is 3.90. The van der Waals surface area contributed by atoms with Gasteiger partial charge in [-0.3, -0.25) is 0 Å². The first kappa shape index (κ1) is 46.8. The van der Waals surface area contributed by atoms with E-state index in [1.165, 1.54) is 0 Å². The summed E-state index contributed by atoms with van der Waals surface area (Å²) in [7, 11) is 0. The Hall–Kier alpha value is 4.51. The Balaban J connectivity index is 0. The van der Waals surface area contributed by atoms with Gasteiger partial charge >= 0.3 is 0 Å². The van der Waals surface area contributed by atoms with Crippen molar-refractivity contribution in [1.82, 2.24) is 0 Å². The van der Waals surface area contributed by atoms with Crippen LogP contribution in [-0.2, 0) is 0 Å². The molecule has 0 saturated carbocycles. The van der Waals surface area contributed by atoms with E-state index in [9.17, 15) is 0 Å². The minimum absolute atomic E-state index is 0. The van der Waals surface area contributed by atoms with Crippen molar-refractivity contribution in [3.8, 4) is 0 Å². The van der Waals surface area contributed by atoms with E-state index in [0.717, 1.165) is 0 Å². The predicted octanol–water partition coefficient (Wildman–Crippen LogP) is -1.90. The molecular weight excluding hydrogens is 506 g/mol. The topological polar surface area (TPSA) is 0 Å². The smallest absolute Gasteiger partial charge is 0 e.